The average molecular weight is 211 g/mol. The highest BCUT2D eigenvalue weighted by Crippen LogP contribution is 2.18. The van der Waals surface area contributed by atoms with Crippen LogP contribution in [0.25, 0.3) is 5.70 Å². The lowest BCUT2D eigenvalue weighted by molar-refractivity contribution is 0.948. The maximum Gasteiger partial charge on any atom is 0.0416 e. The molecular formula is C15H17N. The van der Waals surface area contributed by atoms with E-state index < -0.39 is 0 Å². The summed E-state index contributed by atoms with van der Waals surface area (Å²) in [6, 6.07) is 8.56. The van der Waals surface area contributed by atoms with Crippen LogP contribution in [0.1, 0.15) is 18.1 Å². The van der Waals surface area contributed by atoms with Crippen molar-refractivity contribution in [1.29, 1.82) is 0 Å². The first-order chi connectivity index (χ1) is 7.66. The van der Waals surface area contributed by atoms with E-state index in [1.807, 2.05) is 6.92 Å². The van der Waals surface area contributed by atoms with Gasteiger partial charge in [0, 0.05) is 12.2 Å². The fraction of sp³-hybridized carbons (Fsp3) is 0.200. The Labute approximate surface area is 97.2 Å². The number of hydrogen-bond acceptors (Lipinski definition) is 1. The summed E-state index contributed by atoms with van der Waals surface area (Å²) in [4.78, 5) is 0. The van der Waals surface area contributed by atoms with Crippen LogP contribution in [0.4, 0.5) is 0 Å². The molecule has 82 valence electrons. The summed E-state index contributed by atoms with van der Waals surface area (Å²) >= 11 is 0. The van der Waals surface area contributed by atoms with Crippen LogP contribution in [-0.4, -0.2) is 6.54 Å². The molecule has 0 spiro atoms. The van der Waals surface area contributed by atoms with Crippen LogP contribution in [-0.2, 0) is 0 Å². The van der Waals surface area contributed by atoms with Gasteiger partial charge in [0.2, 0.25) is 0 Å². The molecule has 0 aromatic heterocycles. The minimum absolute atomic E-state index is 0.870. The Balaban J connectivity index is 2.24. The SMILES string of the molecule is C=C(C)C1=CC=C(c2ccc(C)cc2)NC1. The van der Waals surface area contributed by atoms with Crippen molar-refractivity contribution < 1.29 is 0 Å². The Kier molecular flexibility index (Phi) is 2.95. The van der Waals surface area contributed by atoms with E-state index in [-0.39, 0.29) is 0 Å². The monoisotopic (exact) mass is 211 g/mol. The Morgan fingerprint density at radius 1 is 1.19 bits per heavy atom. The summed E-state index contributed by atoms with van der Waals surface area (Å²) in [5, 5.41) is 3.42. The van der Waals surface area contributed by atoms with Gasteiger partial charge < -0.3 is 5.32 Å². The number of nitrogens with one attached hydrogen (secondary N) is 1. The molecule has 0 fully saturated rings. The van der Waals surface area contributed by atoms with Crippen molar-refractivity contribution in [2.75, 3.05) is 6.54 Å². The van der Waals surface area contributed by atoms with Crippen molar-refractivity contribution in [3.8, 4) is 0 Å². The lowest BCUT2D eigenvalue weighted by Crippen LogP contribution is -2.18. The van der Waals surface area contributed by atoms with Crippen LogP contribution in [0.15, 0.2) is 54.1 Å². The van der Waals surface area contributed by atoms with E-state index in [0.29, 0.717) is 0 Å². The predicted molar refractivity (Wildman–Crippen MR) is 70.1 cm³/mol. The van der Waals surface area contributed by atoms with E-state index in [0.717, 1.165) is 12.1 Å². The highest BCUT2D eigenvalue weighted by Gasteiger charge is 2.06. The first-order valence-electron chi connectivity index (χ1n) is 5.54. The quantitative estimate of drug-likeness (QED) is 0.790. The number of hydrogen-bond donors (Lipinski definition) is 1. The van der Waals surface area contributed by atoms with Gasteiger partial charge in [-0.3, -0.25) is 0 Å². The van der Waals surface area contributed by atoms with E-state index in [4.69, 9.17) is 0 Å². The van der Waals surface area contributed by atoms with Crippen molar-refractivity contribution in [1.82, 2.24) is 5.32 Å². The van der Waals surface area contributed by atoms with Gasteiger partial charge in [0.15, 0.2) is 0 Å². The van der Waals surface area contributed by atoms with Gasteiger partial charge in [0.05, 0.1) is 0 Å². The van der Waals surface area contributed by atoms with Crippen LogP contribution in [0, 0.1) is 6.92 Å². The van der Waals surface area contributed by atoms with Gasteiger partial charge >= 0.3 is 0 Å². The summed E-state index contributed by atoms with van der Waals surface area (Å²) in [5.74, 6) is 0. The van der Waals surface area contributed by atoms with Gasteiger partial charge in [-0.1, -0.05) is 48.1 Å². The molecule has 0 atom stereocenters. The second-order valence-electron chi connectivity index (χ2n) is 4.27. The van der Waals surface area contributed by atoms with Gasteiger partial charge in [-0.2, -0.15) is 0 Å². The Morgan fingerprint density at radius 2 is 1.88 bits per heavy atom. The average Bonchev–Trinajstić information content (AvgIpc) is 2.30. The van der Waals surface area contributed by atoms with Gasteiger partial charge in [0.25, 0.3) is 0 Å². The van der Waals surface area contributed by atoms with E-state index in [9.17, 15) is 0 Å². The highest BCUT2D eigenvalue weighted by atomic mass is 14.9. The molecule has 0 radical (unpaired) electrons. The maximum atomic E-state index is 3.95. The molecule has 1 aromatic rings. The van der Waals surface area contributed by atoms with Crippen molar-refractivity contribution >= 4 is 5.70 Å². The van der Waals surface area contributed by atoms with Crippen molar-refractivity contribution in [2.24, 2.45) is 0 Å². The Bertz CT molecular complexity index is 461. The summed E-state index contributed by atoms with van der Waals surface area (Å²) in [6.07, 6.45) is 4.27. The fourth-order valence-corrected chi connectivity index (χ4v) is 1.72. The van der Waals surface area contributed by atoms with Crippen molar-refractivity contribution in [3.05, 3.63) is 65.3 Å². The van der Waals surface area contributed by atoms with Crippen molar-refractivity contribution in [2.45, 2.75) is 13.8 Å². The van der Waals surface area contributed by atoms with Crippen LogP contribution >= 0.6 is 0 Å². The van der Waals surface area contributed by atoms with E-state index in [2.05, 4.69) is 55.2 Å². The van der Waals surface area contributed by atoms with Gasteiger partial charge in [-0.15, -0.1) is 0 Å². The van der Waals surface area contributed by atoms with Gasteiger partial charge in [0.1, 0.15) is 0 Å². The zero-order valence-corrected chi connectivity index (χ0v) is 9.88. The lowest BCUT2D eigenvalue weighted by Gasteiger charge is -2.17. The lowest BCUT2D eigenvalue weighted by atomic mass is 10.0. The summed E-state index contributed by atoms with van der Waals surface area (Å²) in [5.41, 5.74) is 6.12. The highest BCUT2D eigenvalue weighted by molar-refractivity contribution is 5.68. The predicted octanol–water partition coefficient (Wildman–Crippen LogP) is 3.44. The summed E-state index contributed by atoms with van der Waals surface area (Å²) < 4.78 is 0. The molecule has 2 rings (SSSR count). The first kappa shape index (κ1) is 10.7. The van der Waals surface area contributed by atoms with Gasteiger partial charge in [-0.25, -0.2) is 0 Å². The molecule has 0 saturated carbocycles. The van der Waals surface area contributed by atoms with Crippen LogP contribution in [0.2, 0.25) is 0 Å². The van der Waals surface area contributed by atoms with Gasteiger partial charge in [-0.05, 0) is 31.1 Å². The number of allylic oxidation sites excluding steroid dienone is 2. The maximum absolute atomic E-state index is 3.95. The molecule has 1 N–H and O–H groups in total. The van der Waals surface area contributed by atoms with E-state index >= 15 is 0 Å². The molecular weight excluding hydrogens is 194 g/mol. The molecule has 0 aliphatic carbocycles. The first-order valence-corrected chi connectivity index (χ1v) is 5.54. The molecule has 1 aliphatic rings. The number of benzene rings is 1. The second kappa shape index (κ2) is 4.40. The molecule has 16 heavy (non-hydrogen) atoms. The molecule has 0 amide bonds. The molecule has 0 saturated heterocycles. The number of aryl methyl sites for hydroxylation is 1. The topological polar surface area (TPSA) is 12.0 Å². The molecule has 0 bridgehead atoms. The van der Waals surface area contributed by atoms with Crippen molar-refractivity contribution in [3.63, 3.8) is 0 Å². The normalized spacial score (nSPS) is 14.9. The molecule has 0 unspecified atom stereocenters. The van der Waals surface area contributed by atoms with Crippen LogP contribution in [0.5, 0.6) is 0 Å². The smallest absolute Gasteiger partial charge is 0.0416 e. The summed E-state index contributed by atoms with van der Waals surface area (Å²) in [6.45, 7) is 8.96. The standard InChI is InChI=1S/C15H17N/c1-11(2)14-8-9-15(16-10-14)13-6-4-12(3)5-7-13/h4-9,16H,1,10H2,2-3H3. The zero-order chi connectivity index (χ0) is 11.5. The third kappa shape index (κ3) is 2.25. The third-order valence-corrected chi connectivity index (χ3v) is 2.83. The molecule has 1 heterocycles. The van der Waals surface area contributed by atoms with E-state index in [1.54, 1.807) is 0 Å². The van der Waals surface area contributed by atoms with Crippen LogP contribution < -0.4 is 5.32 Å². The molecule has 1 heteroatoms. The minimum Gasteiger partial charge on any atom is -0.380 e. The second-order valence-corrected chi connectivity index (χ2v) is 4.27. The largest absolute Gasteiger partial charge is 0.380 e. The molecule has 1 nitrogen and oxygen atoms in total. The number of dihydropyridines is 1. The summed E-state index contributed by atoms with van der Waals surface area (Å²) in [7, 11) is 0. The third-order valence-electron chi connectivity index (χ3n) is 2.83. The van der Waals surface area contributed by atoms with E-state index in [1.165, 1.54) is 22.4 Å². The molecule has 1 aromatic carbocycles. The van der Waals surface area contributed by atoms with Crippen LogP contribution in [0.3, 0.4) is 0 Å². The Morgan fingerprint density at radius 3 is 2.38 bits per heavy atom. The Hall–Kier alpha value is -1.76. The number of rotatable bonds is 2. The zero-order valence-electron chi connectivity index (χ0n) is 9.88. The molecule has 1 aliphatic heterocycles. The fourth-order valence-electron chi connectivity index (χ4n) is 1.72. The minimum atomic E-state index is 0.870.